The van der Waals surface area contributed by atoms with Gasteiger partial charge in [0.05, 0.1) is 12.0 Å². The maximum absolute atomic E-state index is 12.8. The summed E-state index contributed by atoms with van der Waals surface area (Å²) in [6, 6.07) is 18.3. The number of amides is 1. The van der Waals surface area contributed by atoms with Gasteiger partial charge in [-0.25, -0.2) is 8.42 Å². The van der Waals surface area contributed by atoms with Gasteiger partial charge in [-0.2, -0.15) is 0 Å². The highest BCUT2D eigenvalue weighted by Crippen LogP contribution is 2.24. The molecule has 0 saturated carbocycles. The third kappa shape index (κ3) is 4.94. The molecule has 0 aliphatic heterocycles. The van der Waals surface area contributed by atoms with Crippen LogP contribution in [0.3, 0.4) is 0 Å². The molecule has 29 heavy (non-hydrogen) atoms. The summed E-state index contributed by atoms with van der Waals surface area (Å²) >= 11 is 0. The van der Waals surface area contributed by atoms with Crippen molar-refractivity contribution in [2.75, 3.05) is 17.1 Å². The molecule has 0 bridgehead atoms. The molecule has 3 rings (SSSR count). The van der Waals surface area contributed by atoms with Crippen molar-refractivity contribution in [3.05, 3.63) is 83.4 Å². The SMILES string of the molecule is COc1ccc(NS(=O)(=O)c2ccc(C)c(NC(=O)c3ccc(C)cc3)c2)cc1. The number of hydrogen-bond acceptors (Lipinski definition) is 4. The van der Waals surface area contributed by atoms with Crippen molar-refractivity contribution < 1.29 is 17.9 Å². The summed E-state index contributed by atoms with van der Waals surface area (Å²) in [6.07, 6.45) is 0. The number of carbonyl (C=O) groups excluding carboxylic acids is 1. The van der Waals surface area contributed by atoms with Gasteiger partial charge < -0.3 is 10.1 Å². The van der Waals surface area contributed by atoms with Crippen LogP contribution in [0, 0.1) is 13.8 Å². The van der Waals surface area contributed by atoms with E-state index in [1.165, 1.54) is 19.2 Å². The van der Waals surface area contributed by atoms with E-state index >= 15 is 0 Å². The minimum Gasteiger partial charge on any atom is -0.497 e. The van der Waals surface area contributed by atoms with Gasteiger partial charge in [0, 0.05) is 16.9 Å². The van der Waals surface area contributed by atoms with Crippen LogP contribution in [-0.2, 0) is 10.0 Å². The molecule has 0 aliphatic rings. The van der Waals surface area contributed by atoms with E-state index in [4.69, 9.17) is 4.74 Å². The number of methoxy groups -OCH3 is 1. The van der Waals surface area contributed by atoms with Gasteiger partial charge in [-0.05, 0) is 67.9 Å². The Morgan fingerprint density at radius 3 is 2.17 bits per heavy atom. The van der Waals surface area contributed by atoms with Gasteiger partial charge in [0.25, 0.3) is 15.9 Å². The number of ether oxygens (including phenoxy) is 1. The first-order chi connectivity index (χ1) is 13.8. The summed E-state index contributed by atoms with van der Waals surface area (Å²) in [5, 5.41) is 2.79. The zero-order chi connectivity index (χ0) is 21.0. The zero-order valence-corrected chi connectivity index (χ0v) is 17.2. The first kappa shape index (κ1) is 20.4. The Kier molecular flexibility index (Phi) is 5.89. The molecule has 0 heterocycles. The van der Waals surface area contributed by atoms with Crippen LogP contribution in [0.2, 0.25) is 0 Å². The van der Waals surface area contributed by atoms with Gasteiger partial charge in [-0.3, -0.25) is 9.52 Å². The van der Waals surface area contributed by atoms with Gasteiger partial charge in [0.2, 0.25) is 0 Å². The smallest absolute Gasteiger partial charge is 0.261 e. The summed E-state index contributed by atoms with van der Waals surface area (Å²) in [7, 11) is -2.28. The van der Waals surface area contributed by atoms with Crippen molar-refractivity contribution in [1.82, 2.24) is 0 Å². The fraction of sp³-hybridized carbons (Fsp3) is 0.136. The molecule has 0 aliphatic carbocycles. The summed E-state index contributed by atoms with van der Waals surface area (Å²) in [5.41, 5.74) is 3.16. The van der Waals surface area contributed by atoms with Crippen LogP contribution in [0.4, 0.5) is 11.4 Å². The van der Waals surface area contributed by atoms with Crippen LogP contribution in [0.25, 0.3) is 0 Å². The molecule has 0 atom stereocenters. The van der Waals surface area contributed by atoms with Crippen LogP contribution in [0.1, 0.15) is 21.5 Å². The molecule has 0 fully saturated rings. The van der Waals surface area contributed by atoms with Crippen LogP contribution < -0.4 is 14.8 Å². The second-order valence-electron chi connectivity index (χ2n) is 6.63. The van der Waals surface area contributed by atoms with Crippen molar-refractivity contribution in [1.29, 1.82) is 0 Å². The molecule has 7 heteroatoms. The van der Waals surface area contributed by atoms with Gasteiger partial charge in [-0.1, -0.05) is 23.8 Å². The fourth-order valence-electron chi connectivity index (χ4n) is 2.68. The predicted molar refractivity (Wildman–Crippen MR) is 114 cm³/mol. The molecule has 0 unspecified atom stereocenters. The number of carbonyl (C=O) groups is 1. The molecule has 2 N–H and O–H groups in total. The molecular formula is C22H22N2O4S. The van der Waals surface area contributed by atoms with E-state index in [9.17, 15) is 13.2 Å². The lowest BCUT2D eigenvalue weighted by molar-refractivity contribution is 0.102. The van der Waals surface area contributed by atoms with E-state index in [1.807, 2.05) is 19.1 Å². The number of benzene rings is 3. The summed E-state index contributed by atoms with van der Waals surface area (Å²) in [6.45, 7) is 3.74. The minimum absolute atomic E-state index is 0.0538. The van der Waals surface area contributed by atoms with Gasteiger partial charge in [0.1, 0.15) is 5.75 Å². The number of anilines is 2. The maximum Gasteiger partial charge on any atom is 0.261 e. The normalized spacial score (nSPS) is 11.0. The van der Waals surface area contributed by atoms with E-state index in [1.54, 1.807) is 49.4 Å². The number of hydrogen-bond donors (Lipinski definition) is 2. The van der Waals surface area contributed by atoms with E-state index < -0.39 is 10.0 Å². The largest absolute Gasteiger partial charge is 0.497 e. The molecule has 0 spiro atoms. The molecule has 3 aromatic carbocycles. The van der Waals surface area contributed by atoms with E-state index in [-0.39, 0.29) is 10.8 Å². The van der Waals surface area contributed by atoms with Crippen LogP contribution in [0.5, 0.6) is 5.75 Å². The fourth-order valence-corrected chi connectivity index (χ4v) is 3.76. The van der Waals surface area contributed by atoms with Crippen molar-refractivity contribution in [2.24, 2.45) is 0 Å². The Hall–Kier alpha value is -3.32. The molecular weight excluding hydrogens is 388 g/mol. The van der Waals surface area contributed by atoms with Crippen molar-refractivity contribution >= 4 is 27.3 Å². The molecule has 3 aromatic rings. The Morgan fingerprint density at radius 2 is 1.55 bits per heavy atom. The minimum atomic E-state index is -3.82. The van der Waals surface area contributed by atoms with Crippen LogP contribution >= 0.6 is 0 Å². The zero-order valence-electron chi connectivity index (χ0n) is 16.4. The standard InChI is InChI=1S/C22H22N2O4S/c1-15-4-7-17(8-5-15)22(25)23-21-14-20(13-6-16(21)2)29(26,27)24-18-9-11-19(28-3)12-10-18/h4-14,24H,1-3H3,(H,23,25). The predicted octanol–water partition coefficient (Wildman–Crippen LogP) is 4.37. The van der Waals surface area contributed by atoms with Crippen LogP contribution in [0.15, 0.2) is 71.6 Å². The topological polar surface area (TPSA) is 84.5 Å². The average molecular weight is 410 g/mol. The highest BCUT2D eigenvalue weighted by molar-refractivity contribution is 7.92. The number of rotatable bonds is 6. The molecule has 0 aromatic heterocycles. The lowest BCUT2D eigenvalue weighted by atomic mass is 10.1. The van der Waals surface area contributed by atoms with Crippen molar-refractivity contribution in [3.8, 4) is 5.75 Å². The van der Waals surface area contributed by atoms with Crippen molar-refractivity contribution in [2.45, 2.75) is 18.7 Å². The number of nitrogens with one attached hydrogen (secondary N) is 2. The average Bonchev–Trinajstić information content (AvgIpc) is 2.70. The summed E-state index contributed by atoms with van der Waals surface area (Å²) in [5.74, 6) is 0.329. The summed E-state index contributed by atoms with van der Waals surface area (Å²) in [4.78, 5) is 12.6. The quantitative estimate of drug-likeness (QED) is 0.632. The van der Waals surface area contributed by atoms with E-state index in [0.29, 0.717) is 22.7 Å². The highest BCUT2D eigenvalue weighted by Gasteiger charge is 2.17. The third-order valence-electron chi connectivity index (χ3n) is 4.42. The first-order valence-electron chi connectivity index (χ1n) is 8.94. The lowest BCUT2D eigenvalue weighted by Crippen LogP contribution is -2.16. The summed E-state index contributed by atoms with van der Waals surface area (Å²) < 4.78 is 33.1. The Bertz CT molecular complexity index is 1120. The van der Waals surface area contributed by atoms with Gasteiger partial charge >= 0.3 is 0 Å². The molecule has 6 nitrogen and oxygen atoms in total. The molecule has 0 saturated heterocycles. The first-order valence-corrected chi connectivity index (χ1v) is 10.4. The monoisotopic (exact) mass is 410 g/mol. The Morgan fingerprint density at radius 1 is 0.897 bits per heavy atom. The Balaban J connectivity index is 1.83. The van der Waals surface area contributed by atoms with E-state index in [0.717, 1.165) is 11.1 Å². The molecule has 0 radical (unpaired) electrons. The van der Waals surface area contributed by atoms with Gasteiger partial charge in [-0.15, -0.1) is 0 Å². The highest BCUT2D eigenvalue weighted by atomic mass is 32.2. The van der Waals surface area contributed by atoms with Crippen molar-refractivity contribution in [3.63, 3.8) is 0 Å². The second kappa shape index (κ2) is 8.36. The lowest BCUT2D eigenvalue weighted by Gasteiger charge is -2.13. The number of sulfonamides is 1. The second-order valence-corrected chi connectivity index (χ2v) is 8.31. The molecule has 150 valence electrons. The van der Waals surface area contributed by atoms with E-state index in [2.05, 4.69) is 10.0 Å². The number of aryl methyl sites for hydroxylation is 2. The third-order valence-corrected chi connectivity index (χ3v) is 5.80. The molecule has 1 amide bonds. The maximum atomic E-state index is 12.8. The van der Waals surface area contributed by atoms with Gasteiger partial charge in [0.15, 0.2) is 0 Å². The van der Waals surface area contributed by atoms with Crippen LogP contribution in [-0.4, -0.2) is 21.4 Å². The Labute approximate surface area is 170 Å².